The number of azide groups is 1. The third-order valence-electron chi connectivity index (χ3n) is 6.08. The molecule has 0 spiro atoms. The van der Waals surface area contributed by atoms with E-state index >= 15 is 0 Å². The number of carbonyl (C=O) groups is 2. The molecule has 0 heterocycles. The Morgan fingerprint density at radius 2 is 0.885 bits per heavy atom. The van der Waals surface area contributed by atoms with E-state index in [1.54, 1.807) is 20.8 Å². The van der Waals surface area contributed by atoms with E-state index in [1.807, 2.05) is 0 Å². The molecule has 1 amide bonds. The van der Waals surface area contributed by atoms with Gasteiger partial charge in [-0.15, -0.1) is 0 Å². The number of esters is 1. The SMILES string of the molecule is CC(C)(C)OC(=O)[C@@H](N)CCC(=O)NCCOCCOCCOCCOCCOCCOCCOCCOCCOCCOCCOCCN=[N+]=[N-]. The first kappa shape index (κ1) is 49.8. The fraction of sp³-hybridized carbons (Fsp3) is 0.939. The number of amides is 1. The van der Waals surface area contributed by atoms with Gasteiger partial charge in [-0.05, 0) is 32.7 Å². The molecule has 306 valence electrons. The molecule has 19 nitrogen and oxygen atoms in total. The Balaban J connectivity index is 3.20. The highest BCUT2D eigenvalue weighted by Crippen LogP contribution is 2.09. The van der Waals surface area contributed by atoms with Crippen LogP contribution < -0.4 is 11.1 Å². The zero-order valence-electron chi connectivity index (χ0n) is 31.6. The molecule has 0 aromatic carbocycles. The van der Waals surface area contributed by atoms with Gasteiger partial charge in [0.15, 0.2) is 0 Å². The number of hydrogen-bond acceptors (Lipinski definition) is 16. The topological polar surface area (TPSA) is 232 Å². The van der Waals surface area contributed by atoms with E-state index in [-0.39, 0.29) is 18.7 Å². The maximum absolute atomic E-state index is 11.9. The molecule has 0 aromatic rings. The molecule has 52 heavy (non-hydrogen) atoms. The van der Waals surface area contributed by atoms with Gasteiger partial charge in [0.1, 0.15) is 11.6 Å². The summed E-state index contributed by atoms with van der Waals surface area (Å²) in [6.45, 7) is 16.0. The Hall–Kier alpha value is -2.23. The van der Waals surface area contributed by atoms with Gasteiger partial charge >= 0.3 is 5.97 Å². The van der Waals surface area contributed by atoms with Crippen LogP contribution in [-0.4, -0.2) is 182 Å². The lowest BCUT2D eigenvalue weighted by molar-refractivity contribution is -0.156. The lowest BCUT2D eigenvalue weighted by Crippen LogP contribution is -2.38. The van der Waals surface area contributed by atoms with Crippen LogP contribution in [0, 0.1) is 0 Å². The second-order valence-electron chi connectivity index (χ2n) is 11.7. The second-order valence-corrected chi connectivity index (χ2v) is 11.7. The van der Waals surface area contributed by atoms with Crippen LogP contribution in [0.4, 0.5) is 0 Å². The molecule has 0 saturated carbocycles. The molecule has 0 rings (SSSR count). The summed E-state index contributed by atoms with van der Waals surface area (Å²) in [5.41, 5.74) is 13.3. The van der Waals surface area contributed by atoms with Crippen molar-refractivity contribution >= 4 is 11.9 Å². The number of carbonyl (C=O) groups excluding carboxylic acids is 2. The third-order valence-corrected chi connectivity index (χ3v) is 6.08. The first-order chi connectivity index (χ1) is 25.3. The van der Waals surface area contributed by atoms with Gasteiger partial charge in [0, 0.05) is 24.4 Å². The molecule has 19 heteroatoms. The molecule has 0 aliphatic rings. The highest BCUT2D eigenvalue weighted by atomic mass is 16.6. The highest BCUT2D eigenvalue weighted by Gasteiger charge is 2.22. The normalized spacial score (nSPS) is 12.1. The highest BCUT2D eigenvalue weighted by molar-refractivity contribution is 5.79. The van der Waals surface area contributed by atoms with Crippen LogP contribution in [0.3, 0.4) is 0 Å². The van der Waals surface area contributed by atoms with Crippen molar-refractivity contribution in [3.8, 4) is 0 Å². The molecule has 0 bridgehead atoms. The molecule has 0 aliphatic carbocycles. The van der Waals surface area contributed by atoms with Crippen molar-refractivity contribution in [1.29, 1.82) is 0 Å². The fourth-order valence-electron chi connectivity index (χ4n) is 3.58. The first-order valence-electron chi connectivity index (χ1n) is 17.9. The number of nitrogens with two attached hydrogens (primary N) is 1. The van der Waals surface area contributed by atoms with Crippen molar-refractivity contribution in [3.63, 3.8) is 0 Å². The number of rotatable bonds is 40. The Morgan fingerprint density at radius 3 is 1.19 bits per heavy atom. The summed E-state index contributed by atoms with van der Waals surface area (Å²) < 4.78 is 64.8. The van der Waals surface area contributed by atoms with Gasteiger partial charge in [0.25, 0.3) is 0 Å². The molecule has 0 fully saturated rings. The minimum Gasteiger partial charge on any atom is -0.459 e. The third kappa shape index (κ3) is 40.5. The van der Waals surface area contributed by atoms with E-state index in [0.717, 1.165) is 0 Å². The zero-order chi connectivity index (χ0) is 38.2. The van der Waals surface area contributed by atoms with E-state index in [9.17, 15) is 9.59 Å². The average molecular weight is 756 g/mol. The van der Waals surface area contributed by atoms with Crippen molar-refractivity contribution in [2.24, 2.45) is 10.8 Å². The molecule has 0 unspecified atom stereocenters. The van der Waals surface area contributed by atoms with Gasteiger partial charge < -0.3 is 67.9 Å². The molecule has 0 saturated heterocycles. The predicted octanol–water partition coefficient (Wildman–Crippen LogP) is 1.04. The summed E-state index contributed by atoms with van der Waals surface area (Å²) in [4.78, 5) is 26.4. The van der Waals surface area contributed by atoms with E-state index in [2.05, 4.69) is 15.3 Å². The van der Waals surface area contributed by atoms with Crippen LogP contribution in [0.1, 0.15) is 33.6 Å². The molecule has 3 N–H and O–H groups in total. The largest absolute Gasteiger partial charge is 0.459 e. The summed E-state index contributed by atoms with van der Waals surface area (Å²) in [5, 5.41) is 6.10. The smallest absolute Gasteiger partial charge is 0.323 e. The van der Waals surface area contributed by atoms with Crippen LogP contribution in [0.25, 0.3) is 10.4 Å². The molecular weight excluding hydrogens is 690 g/mol. The molecular formula is C33H65N5O14. The predicted molar refractivity (Wildman–Crippen MR) is 189 cm³/mol. The van der Waals surface area contributed by atoms with Crippen LogP contribution in [0.5, 0.6) is 0 Å². The summed E-state index contributed by atoms with van der Waals surface area (Å²) in [7, 11) is 0. The number of hydrogen-bond donors (Lipinski definition) is 2. The monoisotopic (exact) mass is 755 g/mol. The average Bonchev–Trinajstić information content (AvgIpc) is 3.11. The lowest BCUT2D eigenvalue weighted by Gasteiger charge is -2.22. The Morgan fingerprint density at radius 1 is 0.577 bits per heavy atom. The van der Waals surface area contributed by atoms with Gasteiger partial charge in [-0.25, -0.2) is 0 Å². The van der Waals surface area contributed by atoms with Crippen LogP contribution in [0.2, 0.25) is 0 Å². The minimum absolute atomic E-state index is 0.134. The van der Waals surface area contributed by atoms with Crippen molar-refractivity contribution in [3.05, 3.63) is 10.4 Å². The summed E-state index contributed by atoms with van der Waals surface area (Å²) in [6, 6.07) is -0.831. The zero-order valence-corrected chi connectivity index (χ0v) is 31.6. The lowest BCUT2D eigenvalue weighted by atomic mass is 10.1. The van der Waals surface area contributed by atoms with E-state index in [0.29, 0.717) is 158 Å². The van der Waals surface area contributed by atoms with E-state index in [1.165, 1.54) is 0 Å². The van der Waals surface area contributed by atoms with Crippen LogP contribution in [0.15, 0.2) is 5.11 Å². The number of ether oxygens (including phenoxy) is 12. The molecule has 0 aromatic heterocycles. The molecule has 0 aliphatic heterocycles. The Kier molecular flexibility index (Phi) is 36.8. The van der Waals surface area contributed by atoms with Gasteiger partial charge in [0.05, 0.1) is 145 Å². The van der Waals surface area contributed by atoms with E-state index in [4.69, 9.17) is 68.1 Å². The summed E-state index contributed by atoms with van der Waals surface area (Å²) >= 11 is 0. The molecule has 1 atom stereocenters. The maximum Gasteiger partial charge on any atom is 0.323 e. The minimum atomic E-state index is -0.831. The van der Waals surface area contributed by atoms with Crippen molar-refractivity contribution in [2.75, 3.05) is 158 Å². The number of nitrogens with one attached hydrogen (secondary N) is 1. The van der Waals surface area contributed by atoms with Crippen molar-refractivity contribution in [2.45, 2.75) is 45.3 Å². The fourth-order valence-corrected chi connectivity index (χ4v) is 3.58. The quantitative estimate of drug-likeness (QED) is 0.0293. The van der Waals surface area contributed by atoms with Crippen LogP contribution in [-0.2, 0) is 66.4 Å². The summed E-state index contributed by atoms with van der Waals surface area (Å²) in [6.07, 6.45) is 0.349. The van der Waals surface area contributed by atoms with Gasteiger partial charge in [-0.3, -0.25) is 9.59 Å². The van der Waals surface area contributed by atoms with E-state index < -0.39 is 17.6 Å². The Labute approximate surface area is 308 Å². The van der Waals surface area contributed by atoms with Gasteiger partial charge in [-0.1, -0.05) is 5.11 Å². The van der Waals surface area contributed by atoms with Crippen LogP contribution >= 0.6 is 0 Å². The summed E-state index contributed by atoms with van der Waals surface area (Å²) in [5.74, 6) is -0.712. The molecule has 0 radical (unpaired) electrons. The number of nitrogens with zero attached hydrogens (tertiary/aromatic N) is 3. The van der Waals surface area contributed by atoms with Gasteiger partial charge in [0.2, 0.25) is 5.91 Å². The standard InChI is InChI=1S/C33H65N5O14/c1-33(2,3)52-32(40)30(34)4-5-31(39)36-6-8-41-10-12-43-14-16-45-18-20-47-22-24-49-26-28-51-29-27-50-25-23-48-21-19-46-17-15-44-13-11-42-9-7-37-38-35/h30H,4-29,34H2,1-3H3,(H,36,39)/t30-/m0/s1. The van der Waals surface area contributed by atoms with Gasteiger partial charge in [-0.2, -0.15) is 0 Å². The van der Waals surface area contributed by atoms with Crippen molar-refractivity contribution in [1.82, 2.24) is 5.32 Å². The second kappa shape index (κ2) is 38.5. The van der Waals surface area contributed by atoms with Crippen molar-refractivity contribution < 1.29 is 66.4 Å². The first-order valence-corrected chi connectivity index (χ1v) is 17.9. The maximum atomic E-state index is 11.9. The Bertz CT molecular complexity index is 865.